The second-order valence-electron chi connectivity index (χ2n) is 4.54. The van der Waals surface area contributed by atoms with E-state index in [0.29, 0.717) is 0 Å². The van der Waals surface area contributed by atoms with Crippen molar-refractivity contribution in [1.82, 2.24) is 0 Å². The molecule has 0 unspecified atom stereocenters. The van der Waals surface area contributed by atoms with Crippen LogP contribution in [0.25, 0.3) is 0 Å². The minimum absolute atomic E-state index is 0.217. The number of rotatable bonds is 6. The molecule has 0 saturated carbocycles. The van der Waals surface area contributed by atoms with Gasteiger partial charge < -0.3 is 4.74 Å². The molecule has 1 nitrogen and oxygen atoms in total. The van der Waals surface area contributed by atoms with Gasteiger partial charge in [0, 0.05) is 15.8 Å². The van der Waals surface area contributed by atoms with Crippen molar-refractivity contribution in [3.8, 4) is 5.75 Å². The summed E-state index contributed by atoms with van der Waals surface area (Å²) in [6.45, 7) is 7.18. The van der Waals surface area contributed by atoms with E-state index < -0.39 is 0 Å². The molecule has 3 heteroatoms. The first-order chi connectivity index (χ1) is 8.06. The monoisotopic (exact) mass is 318 g/mol. The maximum atomic E-state index is 5.98. The van der Waals surface area contributed by atoms with E-state index in [1.165, 1.54) is 0 Å². The van der Waals surface area contributed by atoms with Crippen LogP contribution in [0.5, 0.6) is 5.75 Å². The molecule has 17 heavy (non-hydrogen) atoms. The summed E-state index contributed by atoms with van der Waals surface area (Å²) in [5, 5.41) is 1.69. The van der Waals surface area contributed by atoms with E-state index in [4.69, 9.17) is 16.3 Å². The second-order valence-corrected chi connectivity index (χ2v) is 5.54. The van der Waals surface area contributed by atoms with E-state index in [9.17, 15) is 0 Å². The second kappa shape index (κ2) is 6.65. The lowest BCUT2D eigenvalue weighted by Gasteiger charge is -2.29. The fourth-order valence-electron chi connectivity index (χ4n) is 1.64. The van der Waals surface area contributed by atoms with Crippen molar-refractivity contribution in [2.24, 2.45) is 5.41 Å². The van der Waals surface area contributed by atoms with E-state index in [1.54, 1.807) is 0 Å². The van der Waals surface area contributed by atoms with Gasteiger partial charge in [0.1, 0.15) is 5.75 Å². The Morgan fingerprint density at radius 1 is 1.29 bits per heavy atom. The molecule has 0 bridgehead atoms. The predicted octanol–water partition coefficient (Wildman–Crippen LogP) is 5.23. The van der Waals surface area contributed by atoms with Gasteiger partial charge in [0.05, 0.1) is 6.61 Å². The summed E-state index contributed by atoms with van der Waals surface area (Å²) in [6, 6.07) is 5.77. The van der Waals surface area contributed by atoms with E-state index in [-0.39, 0.29) is 5.41 Å². The topological polar surface area (TPSA) is 9.23 Å². The van der Waals surface area contributed by atoms with Gasteiger partial charge in [-0.05, 0) is 37.5 Å². The van der Waals surface area contributed by atoms with Crippen LogP contribution in [0.15, 0.2) is 18.2 Å². The van der Waals surface area contributed by atoms with Gasteiger partial charge in [-0.1, -0.05) is 47.4 Å². The summed E-state index contributed by atoms with van der Waals surface area (Å²) in [4.78, 5) is 0. The molecule has 0 aromatic heterocycles. The summed E-state index contributed by atoms with van der Waals surface area (Å²) in [6.07, 6.45) is 2.21. The van der Waals surface area contributed by atoms with Gasteiger partial charge in [0.15, 0.2) is 0 Å². The lowest BCUT2D eigenvalue weighted by atomic mass is 9.86. The van der Waals surface area contributed by atoms with Gasteiger partial charge >= 0.3 is 0 Å². The quantitative estimate of drug-likeness (QED) is 0.652. The summed E-state index contributed by atoms with van der Waals surface area (Å²) >= 11 is 9.57. The van der Waals surface area contributed by atoms with Crippen LogP contribution >= 0.6 is 27.5 Å². The van der Waals surface area contributed by atoms with E-state index in [0.717, 1.165) is 41.1 Å². The Hall–Kier alpha value is -0.210. The van der Waals surface area contributed by atoms with Gasteiger partial charge in [-0.3, -0.25) is 0 Å². The molecule has 0 N–H and O–H groups in total. The molecule has 0 saturated heterocycles. The van der Waals surface area contributed by atoms with Crippen LogP contribution in [0, 0.1) is 12.3 Å². The van der Waals surface area contributed by atoms with Crippen molar-refractivity contribution in [1.29, 1.82) is 0 Å². The van der Waals surface area contributed by atoms with Gasteiger partial charge in [-0.25, -0.2) is 0 Å². The van der Waals surface area contributed by atoms with Crippen molar-refractivity contribution in [2.45, 2.75) is 33.6 Å². The highest BCUT2D eigenvalue weighted by Crippen LogP contribution is 2.31. The van der Waals surface area contributed by atoms with Gasteiger partial charge in [-0.2, -0.15) is 0 Å². The van der Waals surface area contributed by atoms with E-state index in [1.807, 2.05) is 25.1 Å². The Balaban J connectivity index is 2.75. The van der Waals surface area contributed by atoms with E-state index >= 15 is 0 Å². The zero-order chi connectivity index (χ0) is 12.9. The first kappa shape index (κ1) is 14.8. The molecule has 0 aliphatic rings. The number of aryl methyl sites for hydroxylation is 1. The smallest absolute Gasteiger partial charge is 0.123 e. The van der Waals surface area contributed by atoms with Crippen LogP contribution in [0.1, 0.15) is 32.3 Å². The van der Waals surface area contributed by atoms with Crippen molar-refractivity contribution in [3.63, 3.8) is 0 Å². The Bertz CT molecular complexity index is 353. The zero-order valence-electron chi connectivity index (χ0n) is 10.7. The molecule has 1 rings (SSSR count). The number of ether oxygens (including phenoxy) is 1. The lowest BCUT2D eigenvalue weighted by Crippen LogP contribution is -2.29. The normalized spacial score (nSPS) is 11.6. The molecule has 0 aliphatic heterocycles. The third-order valence-corrected chi connectivity index (χ3v) is 4.89. The summed E-state index contributed by atoms with van der Waals surface area (Å²) in [7, 11) is 0. The van der Waals surface area contributed by atoms with Crippen LogP contribution in [0.4, 0.5) is 0 Å². The van der Waals surface area contributed by atoms with Crippen molar-refractivity contribution in [2.75, 3.05) is 11.9 Å². The first-order valence-electron chi connectivity index (χ1n) is 6.02. The first-order valence-corrected chi connectivity index (χ1v) is 7.51. The molecule has 0 heterocycles. The molecule has 0 amide bonds. The molecule has 0 atom stereocenters. The highest BCUT2D eigenvalue weighted by atomic mass is 79.9. The maximum absolute atomic E-state index is 5.98. The van der Waals surface area contributed by atoms with Crippen LogP contribution in [-0.4, -0.2) is 11.9 Å². The molecular formula is C14H20BrClO. The molecular weight excluding hydrogens is 300 g/mol. The predicted molar refractivity (Wildman–Crippen MR) is 78.5 cm³/mol. The molecule has 0 fully saturated rings. The van der Waals surface area contributed by atoms with Crippen LogP contribution in [0.3, 0.4) is 0 Å². The van der Waals surface area contributed by atoms with Crippen molar-refractivity contribution >= 4 is 27.5 Å². The number of halogens is 2. The average Bonchev–Trinajstić information content (AvgIpc) is 2.35. The zero-order valence-corrected chi connectivity index (χ0v) is 13.1. The Morgan fingerprint density at radius 2 is 1.94 bits per heavy atom. The lowest BCUT2D eigenvalue weighted by molar-refractivity contribution is 0.157. The molecule has 0 aliphatic carbocycles. The van der Waals surface area contributed by atoms with Gasteiger partial charge in [0.2, 0.25) is 0 Å². The SMILES string of the molecule is CCC(CC)(CBr)COc1cc(Cl)ccc1C. The highest BCUT2D eigenvalue weighted by Gasteiger charge is 2.26. The molecule has 96 valence electrons. The minimum atomic E-state index is 0.217. The maximum Gasteiger partial charge on any atom is 0.123 e. The molecule has 0 spiro atoms. The van der Waals surface area contributed by atoms with Crippen LogP contribution in [0.2, 0.25) is 5.02 Å². The minimum Gasteiger partial charge on any atom is -0.493 e. The summed E-state index contributed by atoms with van der Waals surface area (Å²) in [5.41, 5.74) is 1.35. The van der Waals surface area contributed by atoms with Crippen LogP contribution in [-0.2, 0) is 0 Å². The number of hydrogen-bond acceptors (Lipinski definition) is 1. The van der Waals surface area contributed by atoms with Crippen molar-refractivity contribution < 1.29 is 4.74 Å². The molecule has 0 radical (unpaired) electrons. The number of benzene rings is 1. The molecule has 1 aromatic carbocycles. The third kappa shape index (κ3) is 3.89. The fourth-order valence-corrected chi connectivity index (χ4v) is 2.76. The summed E-state index contributed by atoms with van der Waals surface area (Å²) < 4.78 is 5.94. The Kier molecular flexibility index (Phi) is 5.81. The standard InChI is InChI=1S/C14H20BrClO/c1-4-14(5-2,9-15)10-17-13-8-12(16)7-6-11(13)3/h6-8H,4-5,9-10H2,1-3H3. The fraction of sp³-hybridized carbons (Fsp3) is 0.571. The summed E-state index contributed by atoms with van der Waals surface area (Å²) in [5.74, 6) is 0.893. The van der Waals surface area contributed by atoms with Gasteiger partial charge in [-0.15, -0.1) is 0 Å². The molecule has 1 aromatic rings. The van der Waals surface area contributed by atoms with E-state index in [2.05, 4.69) is 29.8 Å². The van der Waals surface area contributed by atoms with Crippen LogP contribution < -0.4 is 4.74 Å². The number of hydrogen-bond donors (Lipinski definition) is 0. The Labute approximate surface area is 118 Å². The highest BCUT2D eigenvalue weighted by molar-refractivity contribution is 9.09. The van der Waals surface area contributed by atoms with Crippen molar-refractivity contribution in [3.05, 3.63) is 28.8 Å². The third-order valence-electron chi connectivity index (χ3n) is 3.47. The van der Waals surface area contributed by atoms with Gasteiger partial charge in [0.25, 0.3) is 0 Å². The Morgan fingerprint density at radius 3 is 2.47 bits per heavy atom. The largest absolute Gasteiger partial charge is 0.493 e. The average molecular weight is 320 g/mol. The number of alkyl halides is 1.